The molecule has 0 saturated carbocycles. The maximum atomic E-state index is 12.6. The Labute approximate surface area is 181 Å². The molecule has 1 amide bonds. The summed E-state index contributed by atoms with van der Waals surface area (Å²) in [4.78, 5) is 14.3. The molecule has 3 rings (SSSR count). The molecule has 9 heteroatoms. The summed E-state index contributed by atoms with van der Waals surface area (Å²) in [5.74, 6) is -3.91. The van der Waals surface area contributed by atoms with Gasteiger partial charge in [-0.1, -0.05) is 24.3 Å². The summed E-state index contributed by atoms with van der Waals surface area (Å²) in [6, 6.07) is 12.3. The van der Waals surface area contributed by atoms with E-state index < -0.39 is 26.4 Å². The predicted molar refractivity (Wildman–Crippen MR) is 113 cm³/mol. The molecule has 1 aliphatic heterocycles. The quantitative estimate of drug-likeness (QED) is 0.698. The van der Waals surface area contributed by atoms with Gasteiger partial charge in [-0.05, 0) is 49.2 Å². The maximum Gasteiger partial charge on any atom is 0.341 e. The summed E-state index contributed by atoms with van der Waals surface area (Å²) in [5, 5.41) is 2.81. The standard InChI is InChI=1S/C22H26F2N2O4S/c1-15-12-26(13-16(2)30-15)14-19-6-4-3-5-18(19)11-25-21(27)17-7-9-20(10-8-17)31(28,29)22(23)24/h3-10,15-16,22H,11-14H2,1-2H3,(H,25,27). The van der Waals surface area contributed by atoms with E-state index in [1.807, 2.05) is 38.1 Å². The average molecular weight is 453 g/mol. The van der Waals surface area contributed by atoms with E-state index in [0.717, 1.165) is 42.9 Å². The van der Waals surface area contributed by atoms with Gasteiger partial charge in [-0.2, -0.15) is 8.78 Å². The number of sulfone groups is 1. The topological polar surface area (TPSA) is 75.7 Å². The number of ether oxygens (including phenoxy) is 1. The molecule has 1 N–H and O–H groups in total. The molecule has 0 bridgehead atoms. The van der Waals surface area contributed by atoms with E-state index in [4.69, 9.17) is 4.74 Å². The van der Waals surface area contributed by atoms with Gasteiger partial charge >= 0.3 is 5.76 Å². The van der Waals surface area contributed by atoms with Crippen molar-refractivity contribution in [2.24, 2.45) is 0 Å². The van der Waals surface area contributed by atoms with E-state index in [0.29, 0.717) is 6.54 Å². The van der Waals surface area contributed by atoms with Gasteiger partial charge in [0, 0.05) is 31.7 Å². The summed E-state index contributed by atoms with van der Waals surface area (Å²) in [5.41, 5.74) is 2.27. The van der Waals surface area contributed by atoms with E-state index in [1.54, 1.807) is 0 Å². The molecule has 2 atom stereocenters. The summed E-state index contributed by atoms with van der Waals surface area (Å²) in [6.45, 7) is 6.79. The van der Waals surface area contributed by atoms with Crippen LogP contribution in [0, 0.1) is 0 Å². The lowest BCUT2D eigenvalue weighted by Crippen LogP contribution is -2.45. The van der Waals surface area contributed by atoms with Crippen molar-refractivity contribution >= 4 is 15.7 Å². The molecule has 0 aromatic heterocycles. The van der Waals surface area contributed by atoms with Crippen LogP contribution >= 0.6 is 0 Å². The van der Waals surface area contributed by atoms with Gasteiger partial charge in [-0.25, -0.2) is 8.42 Å². The third-order valence-electron chi connectivity index (χ3n) is 5.13. The van der Waals surface area contributed by atoms with Crippen molar-refractivity contribution in [2.75, 3.05) is 13.1 Å². The zero-order valence-electron chi connectivity index (χ0n) is 17.4. The highest BCUT2D eigenvalue weighted by Crippen LogP contribution is 2.19. The number of carbonyl (C=O) groups is 1. The molecule has 6 nitrogen and oxygen atoms in total. The van der Waals surface area contributed by atoms with Gasteiger partial charge in [0.25, 0.3) is 5.91 Å². The Hall–Kier alpha value is -2.36. The minimum Gasteiger partial charge on any atom is -0.373 e. The van der Waals surface area contributed by atoms with E-state index in [-0.39, 0.29) is 17.8 Å². The summed E-state index contributed by atoms with van der Waals surface area (Å²) < 4.78 is 54.1. The lowest BCUT2D eigenvalue weighted by Gasteiger charge is -2.35. The highest BCUT2D eigenvalue weighted by molar-refractivity contribution is 7.91. The van der Waals surface area contributed by atoms with Gasteiger partial charge in [0.15, 0.2) is 0 Å². The number of morpholine rings is 1. The number of nitrogens with zero attached hydrogens (tertiary/aromatic N) is 1. The van der Waals surface area contributed by atoms with Crippen molar-refractivity contribution in [2.45, 2.75) is 49.8 Å². The molecule has 31 heavy (non-hydrogen) atoms. The lowest BCUT2D eigenvalue weighted by molar-refractivity contribution is -0.0705. The van der Waals surface area contributed by atoms with Crippen LogP contribution in [0.2, 0.25) is 0 Å². The number of halogens is 2. The summed E-state index contributed by atoms with van der Waals surface area (Å²) in [6.07, 6.45) is 0.319. The summed E-state index contributed by atoms with van der Waals surface area (Å²) in [7, 11) is -4.68. The van der Waals surface area contributed by atoms with Gasteiger partial charge in [0.1, 0.15) is 0 Å². The van der Waals surface area contributed by atoms with Crippen LogP contribution in [0.25, 0.3) is 0 Å². The lowest BCUT2D eigenvalue weighted by atomic mass is 10.1. The predicted octanol–water partition coefficient (Wildman–Crippen LogP) is 3.22. The van der Waals surface area contributed by atoms with Gasteiger partial charge in [-0.3, -0.25) is 9.69 Å². The largest absolute Gasteiger partial charge is 0.373 e. The Morgan fingerprint density at radius 3 is 2.23 bits per heavy atom. The molecular weight excluding hydrogens is 426 g/mol. The first-order valence-corrected chi connectivity index (χ1v) is 11.6. The monoisotopic (exact) mass is 452 g/mol. The van der Waals surface area contributed by atoms with E-state index in [9.17, 15) is 22.0 Å². The molecule has 2 aromatic rings. The Morgan fingerprint density at radius 2 is 1.65 bits per heavy atom. The molecule has 0 aliphatic carbocycles. The fourth-order valence-electron chi connectivity index (χ4n) is 3.72. The molecule has 1 heterocycles. The van der Waals surface area contributed by atoms with Crippen LogP contribution in [-0.2, 0) is 27.7 Å². The fraction of sp³-hybridized carbons (Fsp3) is 0.409. The zero-order valence-corrected chi connectivity index (χ0v) is 18.2. The smallest absolute Gasteiger partial charge is 0.341 e. The van der Waals surface area contributed by atoms with Gasteiger partial charge in [0.2, 0.25) is 9.84 Å². The van der Waals surface area contributed by atoms with Gasteiger partial charge in [0.05, 0.1) is 17.1 Å². The fourth-order valence-corrected chi connectivity index (χ4v) is 4.44. The van der Waals surface area contributed by atoms with Crippen LogP contribution in [0.4, 0.5) is 8.78 Å². The third kappa shape index (κ3) is 5.87. The van der Waals surface area contributed by atoms with Crippen LogP contribution in [0.1, 0.15) is 35.3 Å². The first-order chi connectivity index (χ1) is 14.7. The van der Waals surface area contributed by atoms with Crippen LogP contribution in [-0.4, -0.2) is 50.3 Å². The van der Waals surface area contributed by atoms with Crippen molar-refractivity contribution in [1.82, 2.24) is 10.2 Å². The number of alkyl halides is 2. The molecule has 168 valence electrons. The molecule has 1 aliphatic rings. The van der Waals surface area contributed by atoms with Crippen molar-refractivity contribution in [1.29, 1.82) is 0 Å². The first-order valence-electron chi connectivity index (χ1n) is 10.0. The number of rotatable bonds is 7. The highest BCUT2D eigenvalue weighted by Gasteiger charge is 2.26. The molecular formula is C22H26F2N2O4S. The van der Waals surface area contributed by atoms with E-state index >= 15 is 0 Å². The molecule has 2 aromatic carbocycles. The van der Waals surface area contributed by atoms with Crippen molar-refractivity contribution < 1.29 is 26.7 Å². The van der Waals surface area contributed by atoms with E-state index in [1.165, 1.54) is 12.1 Å². The Bertz CT molecular complexity index is 1000. The van der Waals surface area contributed by atoms with Gasteiger partial charge in [-0.15, -0.1) is 0 Å². The van der Waals surface area contributed by atoms with Crippen LogP contribution in [0.3, 0.4) is 0 Å². The van der Waals surface area contributed by atoms with Gasteiger partial charge < -0.3 is 10.1 Å². The number of carbonyl (C=O) groups excluding carboxylic acids is 1. The highest BCUT2D eigenvalue weighted by atomic mass is 32.2. The molecule has 0 radical (unpaired) electrons. The minimum absolute atomic E-state index is 0.160. The molecule has 1 fully saturated rings. The number of amides is 1. The third-order valence-corrected chi connectivity index (χ3v) is 6.52. The zero-order chi connectivity index (χ0) is 22.6. The minimum atomic E-state index is -4.68. The maximum absolute atomic E-state index is 12.6. The normalized spacial score (nSPS) is 20.0. The molecule has 1 saturated heterocycles. The Balaban J connectivity index is 1.64. The second-order valence-corrected chi connectivity index (χ2v) is 9.65. The van der Waals surface area contributed by atoms with E-state index in [2.05, 4.69) is 10.2 Å². The van der Waals surface area contributed by atoms with Crippen LogP contribution < -0.4 is 5.32 Å². The Kier molecular flexibility index (Phi) is 7.40. The first kappa shape index (κ1) is 23.3. The van der Waals surface area contributed by atoms with Crippen molar-refractivity contribution in [3.63, 3.8) is 0 Å². The van der Waals surface area contributed by atoms with Crippen LogP contribution in [0.15, 0.2) is 53.4 Å². The molecule has 0 spiro atoms. The molecule has 2 unspecified atom stereocenters. The number of benzene rings is 2. The summed E-state index contributed by atoms with van der Waals surface area (Å²) >= 11 is 0. The van der Waals surface area contributed by atoms with Crippen molar-refractivity contribution in [3.05, 3.63) is 65.2 Å². The Morgan fingerprint density at radius 1 is 1.06 bits per heavy atom. The van der Waals surface area contributed by atoms with Crippen molar-refractivity contribution in [3.8, 4) is 0 Å². The second-order valence-electron chi connectivity index (χ2n) is 7.73. The average Bonchev–Trinajstić information content (AvgIpc) is 2.72. The number of hydrogen-bond donors (Lipinski definition) is 1. The SMILES string of the molecule is CC1CN(Cc2ccccc2CNC(=O)c2ccc(S(=O)(=O)C(F)F)cc2)CC(C)O1. The number of hydrogen-bond acceptors (Lipinski definition) is 5. The van der Waals surface area contributed by atoms with Crippen LogP contribution in [0.5, 0.6) is 0 Å². The second kappa shape index (κ2) is 9.84. The number of nitrogens with one attached hydrogen (secondary N) is 1.